The van der Waals surface area contributed by atoms with E-state index in [0.717, 1.165) is 40.9 Å². The number of fused-ring (bicyclic) bond motifs is 1. The maximum atomic E-state index is 5.17. The van der Waals surface area contributed by atoms with Gasteiger partial charge >= 0.3 is 0 Å². The summed E-state index contributed by atoms with van der Waals surface area (Å²) in [7, 11) is 0. The van der Waals surface area contributed by atoms with Crippen LogP contribution in [0.25, 0.3) is 22.5 Å². The minimum absolute atomic E-state index is 1.03. The van der Waals surface area contributed by atoms with E-state index in [-0.39, 0.29) is 0 Å². The van der Waals surface area contributed by atoms with E-state index in [9.17, 15) is 0 Å². The van der Waals surface area contributed by atoms with Crippen molar-refractivity contribution >= 4 is 0 Å². The summed E-state index contributed by atoms with van der Waals surface area (Å²) < 4.78 is 0. The Hall–Kier alpha value is -3.63. The third kappa shape index (κ3) is 3.78. The summed E-state index contributed by atoms with van der Waals surface area (Å²) in [6, 6.07) is 31.4. The van der Waals surface area contributed by atoms with Crippen molar-refractivity contribution < 1.29 is 0 Å². The van der Waals surface area contributed by atoms with Crippen LogP contribution in [0.3, 0.4) is 0 Å². The van der Waals surface area contributed by atoms with E-state index in [0.29, 0.717) is 0 Å². The van der Waals surface area contributed by atoms with Crippen molar-refractivity contribution in [2.75, 3.05) is 0 Å². The summed E-state index contributed by atoms with van der Waals surface area (Å²) in [5.41, 5.74) is 9.36. The van der Waals surface area contributed by atoms with E-state index in [4.69, 9.17) is 4.98 Å². The zero-order valence-corrected chi connectivity index (χ0v) is 16.9. The van der Waals surface area contributed by atoms with Crippen LogP contribution in [-0.2, 0) is 12.8 Å². The van der Waals surface area contributed by atoms with Crippen LogP contribution in [0.5, 0.6) is 0 Å². The number of aromatic nitrogens is 1. The van der Waals surface area contributed by atoms with Gasteiger partial charge in [-0.05, 0) is 61.1 Å². The molecule has 0 saturated carbocycles. The molecule has 1 heterocycles. The van der Waals surface area contributed by atoms with E-state index in [1.165, 1.54) is 29.5 Å². The lowest BCUT2D eigenvalue weighted by Crippen LogP contribution is -2.08. The first kappa shape index (κ1) is 18.4. The monoisotopic (exact) mass is 385 g/mol. The molecule has 0 aliphatic heterocycles. The number of pyridine rings is 1. The minimum atomic E-state index is 1.03. The van der Waals surface area contributed by atoms with Gasteiger partial charge in [0.25, 0.3) is 0 Å². The van der Waals surface area contributed by atoms with Crippen LogP contribution in [0.1, 0.15) is 35.1 Å². The lowest BCUT2D eigenvalue weighted by molar-refractivity contribution is 0.684. The van der Waals surface area contributed by atoms with Gasteiger partial charge in [-0.2, -0.15) is 0 Å². The number of aryl methyl sites for hydroxylation is 1. The molecule has 0 atom stereocenters. The smallest absolute Gasteiger partial charge is 0.0756 e. The molecular weight excluding hydrogens is 362 g/mol. The molecule has 30 heavy (non-hydrogen) atoms. The van der Waals surface area contributed by atoms with Crippen LogP contribution in [0.15, 0.2) is 91.0 Å². The summed E-state index contributed by atoms with van der Waals surface area (Å²) in [6.45, 7) is 0. The maximum absolute atomic E-state index is 5.17. The summed E-state index contributed by atoms with van der Waals surface area (Å²) >= 11 is 0. The lowest BCUT2D eigenvalue weighted by atomic mass is 9.87. The van der Waals surface area contributed by atoms with Gasteiger partial charge in [-0.15, -0.1) is 0 Å². The number of hydrogen-bond acceptors (Lipinski definition) is 1. The minimum Gasteiger partial charge on any atom is -0.247 e. The van der Waals surface area contributed by atoms with Crippen molar-refractivity contribution in [1.29, 1.82) is 0 Å². The summed E-state index contributed by atoms with van der Waals surface area (Å²) in [6.07, 6.45) is 4.69. The molecule has 0 amide bonds. The number of benzene rings is 3. The topological polar surface area (TPSA) is 12.9 Å². The van der Waals surface area contributed by atoms with Gasteiger partial charge in [0, 0.05) is 22.3 Å². The predicted molar refractivity (Wildman–Crippen MR) is 124 cm³/mol. The van der Waals surface area contributed by atoms with Crippen molar-refractivity contribution in [3.05, 3.63) is 113 Å². The number of nitrogens with zero attached hydrogens (tertiary/aromatic N) is 1. The average Bonchev–Trinajstić information content (AvgIpc) is 2.83. The zero-order chi connectivity index (χ0) is 20.2. The van der Waals surface area contributed by atoms with E-state index >= 15 is 0 Å². The second kappa shape index (κ2) is 8.39. The first-order chi connectivity index (χ1) is 14.9. The largest absolute Gasteiger partial charge is 0.247 e. The highest BCUT2D eigenvalue weighted by molar-refractivity contribution is 5.75. The highest BCUT2D eigenvalue weighted by Gasteiger charge is 2.19. The molecule has 1 aromatic heterocycles. The Morgan fingerprint density at radius 1 is 0.667 bits per heavy atom. The van der Waals surface area contributed by atoms with E-state index in [2.05, 4.69) is 72.5 Å². The Kier molecular flexibility index (Phi) is 5.15. The van der Waals surface area contributed by atoms with Gasteiger partial charge in [-0.1, -0.05) is 78.6 Å². The van der Waals surface area contributed by atoms with Crippen LogP contribution >= 0.6 is 0 Å². The Bertz CT molecular complexity index is 1230. The van der Waals surface area contributed by atoms with Crippen LogP contribution < -0.4 is 0 Å². The van der Waals surface area contributed by atoms with Crippen molar-refractivity contribution in [3.8, 4) is 34.4 Å². The molecule has 0 bridgehead atoms. The predicted octanol–water partition coefficient (Wildman–Crippen LogP) is 6.69. The molecule has 1 heteroatoms. The SMILES string of the molecule is C(#Cc1ccccc1-c1nc(-c2ccccc2)cc2c1CCCC2)c1ccccc1. The Balaban J connectivity index is 1.67. The average molecular weight is 386 g/mol. The summed E-state index contributed by atoms with van der Waals surface area (Å²) in [4.78, 5) is 5.17. The number of hydrogen-bond donors (Lipinski definition) is 0. The molecule has 0 unspecified atom stereocenters. The first-order valence-electron chi connectivity index (χ1n) is 10.6. The van der Waals surface area contributed by atoms with Gasteiger partial charge in [-0.3, -0.25) is 0 Å². The van der Waals surface area contributed by atoms with Crippen LogP contribution in [0.2, 0.25) is 0 Å². The number of rotatable bonds is 2. The second-order valence-electron chi connectivity index (χ2n) is 7.73. The molecule has 0 N–H and O–H groups in total. The fraction of sp³-hybridized carbons (Fsp3) is 0.138. The third-order valence-corrected chi connectivity index (χ3v) is 5.71. The maximum Gasteiger partial charge on any atom is 0.0756 e. The van der Waals surface area contributed by atoms with Gasteiger partial charge < -0.3 is 0 Å². The van der Waals surface area contributed by atoms with Gasteiger partial charge in [0.1, 0.15) is 0 Å². The molecular formula is C29H23N. The molecule has 0 saturated heterocycles. The highest BCUT2D eigenvalue weighted by atomic mass is 14.7. The zero-order valence-electron chi connectivity index (χ0n) is 16.9. The van der Waals surface area contributed by atoms with Crippen molar-refractivity contribution in [3.63, 3.8) is 0 Å². The van der Waals surface area contributed by atoms with Gasteiger partial charge in [0.15, 0.2) is 0 Å². The van der Waals surface area contributed by atoms with Crippen LogP contribution in [0.4, 0.5) is 0 Å². The molecule has 1 aliphatic carbocycles. The summed E-state index contributed by atoms with van der Waals surface area (Å²) in [5.74, 6) is 6.72. The highest BCUT2D eigenvalue weighted by Crippen LogP contribution is 2.34. The van der Waals surface area contributed by atoms with Crippen molar-refractivity contribution in [1.82, 2.24) is 4.98 Å². The van der Waals surface area contributed by atoms with Crippen LogP contribution in [0, 0.1) is 11.8 Å². The normalized spacial score (nSPS) is 12.5. The molecule has 3 aromatic carbocycles. The molecule has 0 spiro atoms. The van der Waals surface area contributed by atoms with Crippen molar-refractivity contribution in [2.24, 2.45) is 0 Å². The molecule has 0 fully saturated rings. The molecule has 1 nitrogen and oxygen atoms in total. The standard InChI is InChI=1S/C29H23N/c1-3-11-22(12-4-1)19-20-23-13-7-9-17-26(23)29-27-18-10-8-16-25(27)21-28(30-29)24-14-5-2-6-15-24/h1-7,9,11-15,17,21H,8,10,16,18H2. The van der Waals surface area contributed by atoms with Crippen molar-refractivity contribution in [2.45, 2.75) is 25.7 Å². The first-order valence-corrected chi connectivity index (χ1v) is 10.6. The molecule has 144 valence electrons. The molecule has 0 radical (unpaired) electrons. The van der Waals surface area contributed by atoms with E-state index in [1.807, 2.05) is 30.3 Å². The molecule has 4 aromatic rings. The lowest BCUT2D eigenvalue weighted by Gasteiger charge is -2.21. The molecule has 5 rings (SSSR count). The van der Waals surface area contributed by atoms with Gasteiger partial charge in [0.05, 0.1) is 11.4 Å². The van der Waals surface area contributed by atoms with E-state index < -0.39 is 0 Å². The third-order valence-electron chi connectivity index (χ3n) is 5.71. The van der Waals surface area contributed by atoms with E-state index in [1.54, 1.807) is 0 Å². The fourth-order valence-corrected chi connectivity index (χ4v) is 4.18. The molecule has 1 aliphatic rings. The van der Waals surface area contributed by atoms with Gasteiger partial charge in [-0.25, -0.2) is 4.98 Å². The quantitative estimate of drug-likeness (QED) is 0.350. The van der Waals surface area contributed by atoms with Gasteiger partial charge in [0.2, 0.25) is 0 Å². The Morgan fingerprint density at radius 3 is 2.20 bits per heavy atom. The fourth-order valence-electron chi connectivity index (χ4n) is 4.18. The Labute approximate surface area is 178 Å². The van der Waals surface area contributed by atoms with Crippen LogP contribution in [-0.4, -0.2) is 4.98 Å². The Morgan fingerprint density at radius 2 is 1.37 bits per heavy atom. The second-order valence-corrected chi connectivity index (χ2v) is 7.73. The summed E-state index contributed by atoms with van der Waals surface area (Å²) in [5, 5.41) is 0.